The Labute approximate surface area is 127 Å². The summed E-state index contributed by atoms with van der Waals surface area (Å²) in [5.41, 5.74) is -0.708. The van der Waals surface area contributed by atoms with Gasteiger partial charge in [-0.3, -0.25) is 4.79 Å². The van der Waals surface area contributed by atoms with E-state index in [-0.39, 0.29) is 18.1 Å². The molecule has 0 amide bonds. The Kier molecular flexibility index (Phi) is 4.85. The summed E-state index contributed by atoms with van der Waals surface area (Å²) in [5.74, 6) is -0.513. The molecule has 0 aromatic heterocycles. The number of hydrogen-bond acceptors (Lipinski definition) is 3. The molecule has 1 saturated carbocycles. The van der Waals surface area contributed by atoms with Crippen LogP contribution in [0, 0.1) is 11.3 Å². The predicted octanol–water partition coefficient (Wildman–Crippen LogP) is 3.39. The van der Waals surface area contributed by atoms with Crippen LogP contribution in [-0.4, -0.2) is 36.5 Å². The third-order valence-electron chi connectivity index (χ3n) is 5.83. The third kappa shape index (κ3) is 2.85. The fourth-order valence-corrected chi connectivity index (χ4v) is 4.78. The van der Waals surface area contributed by atoms with Crippen molar-refractivity contribution in [3.05, 3.63) is 0 Å². The first-order chi connectivity index (χ1) is 10.2. The molecule has 0 spiro atoms. The minimum atomic E-state index is -0.708. The van der Waals surface area contributed by atoms with Crippen molar-refractivity contribution in [2.24, 2.45) is 11.3 Å². The fraction of sp³-hybridized carbons (Fsp3) is 0.941. The summed E-state index contributed by atoms with van der Waals surface area (Å²) in [6.07, 6.45) is 10.3. The van der Waals surface area contributed by atoms with Crippen molar-refractivity contribution in [3.8, 4) is 0 Å². The molecule has 1 aliphatic carbocycles. The van der Waals surface area contributed by atoms with Crippen LogP contribution in [0.4, 0.5) is 0 Å². The molecule has 0 aromatic carbocycles. The molecule has 21 heavy (non-hydrogen) atoms. The average Bonchev–Trinajstić information content (AvgIpc) is 2.56. The smallest absolute Gasteiger partial charge is 0.312 e. The molecular weight excluding hydrogens is 268 g/mol. The van der Waals surface area contributed by atoms with Crippen LogP contribution in [0.2, 0.25) is 0 Å². The molecule has 3 rings (SSSR count). The zero-order valence-corrected chi connectivity index (χ0v) is 12.9. The van der Waals surface area contributed by atoms with Crippen LogP contribution < -0.4 is 0 Å². The highest BCUT2D eigenvalue weighted by Crippen LogP contribution is 2.50. The SMILES string of the molecule is O=C(O)C1(C2CCCCO2)CCCCC1C1CCCCO1. The van der Waals surface area contributed by atoms with E-state index in [1.165, 1.54) is 6.42 Å². The molecule has 0 radical (unpaired) electrons. The Bertz CT molecular complexity index is 358. The van der Waals surface area contributed by atoms with Gasteiger partial charge < -0.3 is 14.6 Å². The highest BCUT2D eigenvalue weighted by molar-refractivity contribution is 5.76. The van der Waals surface area contributed by atoms with Gasteiger partial charge in [0.2, 0.25) is 0 Å². The van der Waals surface area contributed by atoms with Gasteiger partial charge in [-0.05, 0) is 51.4 Å². The van der Waals surface area contributed by atoms with Crippen molar-refractivity contribution < 1.29 is 19.4 Å². The van der Waals surface area contributed by atoms with E-state index in [0.29, 0.717) is 0 Å². The summed E-state index contributed by atoms with van der Waals surface area (Å²) in [4.78, 5) is 12.3. The van der Waals surface area contributed by atoms with Crippen molar-refractivity contribution in [1.29, 1.82) is 0 Å². The van der Waals surface area contributed by atoms with Gasteiger partial charge in [-0.2, -0.15) is 0 Å². The largest absolute Gasteiger partial charge is 0.481 e. The number of carbonyl (C=O) groups is 1. The molecule has 4 heteroatoms. The van der Waals surface area contributed by atoms with Crippen molar-refractivity contribution in [2.45, 2.75) is 76.4 Å². The Morgan fingerprint density at radius 1 is 0.905 bits per heavy atom. The molecule has 1 N–H and O–H groups in total. The van der Waals surface area contributed by atoms with E-state index in [2.05, 4.69) is 0 Å². The maximum atomic E-state index is 12.3. The first-order valence-electron chi connectivity index (χ1n) is 8.72. The lowest BCUT2D eigenvalue weighted by Crippen LogP contribution is -2.56. The van der Waals surface area contributed by atoms with Crippen molar-refractivity contribution in [1.82, 2.24) is 0 Å². The zero-order chi connectivity index (χ0) is 14.7. The number of carboxylic acid groups (broad SMARTS) is 1. The molecule has 2 heterocycles. The Morgan fingerprint density at radius 3 is 2.24 bits per heavy atom. The maximum Gasteiger partial charge on any atom is 0.312 e. The van der Waals surface area contributed by atoms with Gasteiger partial charge in [0.25, 0.3) is 0 Å². The quantitative estimate of drug-likeness (QED) is 0.867. The third-order valence-corrected chi connectivity index (χ3v) is 5.83. The minimum absolute atomic E-state index is 0.112. The van der Waals surface area contributed by atoms with E-state index in [9.17, 15) is 9.90 Å². The minimum Gasteiger partial charge on any atom is -0.481 e. The van der Waals surface area contributed by atoms with Crippen LogP contribution in [0.1, 0.15) is 64.2 Å². The molecule has 4 nitrogen and oxygen atoms in total. The maximum absolute atomic E-state index is 12.3. The zero-order valence-electron chi connectivity index (χ0n) is 12.9. The van der Waals surface area contributed by atoms with E-state index < -0.39 is 11.4 Å². The standard InChI is InChI=1S/C17H28O4/c18-16(19)17(15-9-3-6-12-21-15)10-4-1-7-13(17)14-8-2-5-11-20-14/h13-15H,1-12H2,(H,18,19). The van der Waals surface area contributed by atoms with Gasteiger partial charge in [-0.25, -0.2) is 0 Å². The summed E-state index contributed by atoms with van der Waals surface area (Å²) >= 11 is 0. The highest BCUT2D eigenvalue weighted by atomic mass is 16.5. The molecule has 3 aliphatic rings. The summed E-state index contributed by atoms with van der Waals surface area (Å²) in [6.45, 7) is 1.51. The number of aliphatic carboxylic acids is 1. The predicted molar refractivity (Wildman–Crippen MR) is 79.2 cm³/mol. The summed E-state index contributed by atoms with van der Waals surface area (Å²) in [7, 11) is 0. The van der Waals surface area contributed by atoms with E-state index in [1.54, 1.807) is 0 Å². The lowest BCUT2D eigenvalue weighted by Gasteiger charge is -2.50. The van der Waals surface area contributed by atoms with Crippen LogP contribution in [0.15, 0.2) is 0 Å². The molecule has 2 saturated heterocycles. The topological polar surface area (TPSA) is 55.8 Å². The Morgan fingerprint density at radius 2 is 1.62 bits per heavy atom. The summed E-state index contributed by atoms with van der Waals surface area (Å²) in [6, 6.07) is 0. The lowest BCUT2D eigenvalue weighted by atomic mass is 9.59. The van der Waals surface area contributed by atoms with Gasteiger partial charge in [0, 0.05) is 19.1 Å². The molecular formula is C17H28O4. The Hall–Kier alpha value is -0.610. The van der Waals surface area contributed by atoms with Gasteiger partial charge in [0.05, 0.1) is 17.6 Å². The van der Waals surface area contributed by atoms with Crippen LogP contribution in [0.25, 0.3) is 0 Å². The number of hydrogen-bond donors (Lipinski definition) is 1. The van der Waals surface area contributed by atoms with Crippen LogP contribution in [-0.2, 0) is 14.3 Å². The fourth-order valence-electron chi connectivity index (χ4n) is 4.78. The summed E-state index contributed by atoms with van der Waals surface area (Å²) in [5, 5.41) is 10.1. The van der Waals surface area contributed by atoms with E-state index in [0.717, 1.165) is 71.0 Å². The van der Waals surface area contributed by atoms with Gasteiger partial charge in [0.1, 0.15) is 0 Å². The second-order valence-corrected chi connectivity index (χ2v) is 6.96. The van der Waals surface area contributed by atoms with E-state index in [4.69, 9.17) is 9.47 Å². The molecule has 3 fully saturated rings. The molecule has 4 unspecified atom stereocenters. The first kappa shape index (κ1) is 15.3. The normalized spacial score (nSPS) is 41.6. The van der Waals surface area contributed by atoms with Crippen LogP contribution in [0.3, 0.4) is 0 Å². The van der Waals surface area contributed by atoms with Gasteiger partial charge in [0.15, 0.2) is 0 Å². The number of rotatable bonds is 3. The van der Waals surface area contributed by atoms with Crippen LogP contribution >= 0.6 is 0 Å². The van der Waals surface area contributed by atoms with Crippen molar-refractivity contribution >= 4 is 5.97 Å². The molecule has 0 aromatic rings. The second-order valence-electron chi connectivity index (χ2n) is 6.96. The first-order valence-corrected chi connectivity index (χ1v) is 8.72. The van der Waals surface area contributed by atoms with Crippen LogP contribution in [0.5, 0.6) is 0 Å². The van der Waals surface area contributed by atoms with Crippen molar-refractivity contribution in [2.75, 3.05) is 13.2 Å². The van der Waals surface area contributed by atoms with Gasteiger partial charge in [-0.1, -0.05) is 12.8 Å². The number of carboxylic acids is 1. The van der Waals surface area contributed by atoms with E-state index in [1.807, 2.05) is 0 Å². The monoisotopic (exact) mass is 296 g/mol. The van der Waals surface area contributed by atoms with Crippen molar-refractivity contribution in [3.63, 3.8) is 0 Å². The average molecular weight is 296 g/mol. The summed E-state index contributed by atoms with van der Waals surface area (Å²) < 4.78 is 12.0. The second kappa shape index (κ2) is 6.66. The Balaban J connectivity index is 1.87. The molecule has 4 atom stereocenters. The molecule has 2 aliphatic heterocycles. The lowest BCUT2D eigenvalue weighted by molar-refractivity contribution is -0.190. The number of ether oxygens (including phenoxy) is 2. The van der Waals surface area contributed by atoms with Gasteiger partial charge in [-0.15, -0.1) is 0 Å². The van der Waals surface area contributed by atoms with E-state index >= 15 is 0 Å². The highest BCUT2D eigenvalue weighted by Gasteiger charge is 2.56. The van der Waals surface area contributed by atoms with Gasteiger partial charge >= 0.3 is 5.97 Å². The molecule has 120 valence electrons. The molecule has 0 bridgehead atoms.